The Morgan fingerprint density at radius 1 is 1.03 bits per heavy atom. The number of methoxy groups -OCH3 is 2. The lowest BCUT2D eigenvalue weighted by Crippen LogP contribution is -2.62. The van der Waals surface area contributed by atoms with Crippen LogP contribution in [0.3, 0.4) is 0 Å². The average molecular weight is 858 g/mol. The van der Waals surface area contributed by atoms with Gasteiger partial charge in [-0.1, -0.05) is 71.4 Å². The standard InChI is InChI=1S/C44H71N7O8S/c1-11-29(4)38(50(8)42(55)37(28(2)3)48-43(56)44(6,7)49-35(52)19-23-59-24-20-45)34(57-9)27-36(53)51-22-15-18-33(51)39(58-10)30(5)40(54)47-32(41-46-21-25-60-41)26-31-16-13-12-14-17-31/h12-14,16-17,21,25,28-30,32-34,37-39H,11,15,18-20,22-24,26-27,45H2,1-10H3,(H,47,54)(H,48,56)(H,49,52)/t29-,30+,32-,33-,34+,37-,38-,39+/m0/s1. The monoisotopic (exact) mass is 858 g/mol. The second-order valence-electron chi connectivity index (χ2n) is 16.7. The number of carbonyl (C=O) groups is 5. The van der Waals surface area contributed by atoms with Crippen LogP contribution in [-0.4, -0.2) is 128 Å². The smallest absolute Gasteiger partial charge is 0.245 e. The van der Waals surface area contributed by atoms with Gasteiger partial charge in [0.1, 0.15) is 16.6 Å². The Kier molecular flexibility index (Phi) is 20.6. The van der Waals surface area contributed by atoms with E-state index >= 15 is 0 Å². The van der Waals surface area contributed by atoms with Gasteiger partial charge in [0, 0.05) is 52.4 Å². The largest absolute Gasteiger partial charge is 0.380 e. The Balaban J connectivity index is 1.75. The van der Waals surface area contributed by atoms with Crippen LogP contribution in [0.25, 0.3) is 0 Å². The van der Waals surface area contributed by atoms with Crippen molar-refractivity contribution in [1.29, 1.82) is 0 Å². The fourth-order valence-corrected chi connectivity index (χ4v) is 8.63. The molecule has 0 saturated carbocycles. The normalized spacial score (nSPS) is 17.9. The van der Waals surface area contributed by atoms with E-state index in [0.717, 1.165) is 17.0 Å². The summed E-state index contributed by atoms with van der Waals surface area (Å²) in [5.74, 6) is -2.52. The molecule has 1 aromatic carbocycles. The molecule has 60 heavy (non-hydrogen) atoms. The molecular weight excluding hydrogens is 787 g/mol. The zero-order valence-corrected chi connectivity index (χ0v) is 38.2. The van der Waals surface area contributed by atoms with E-state index in [2.05, 4.69) is 20.9 Å². The highest BCUT2D eigenvalue weighted by Crippen LogP contribution is 2.30. The molecule has 5 N–H and O–H groups in total. The molecule has 1 aliphatic rings. The molecule has 0 spiro atoms. The van der Waals surface area contributed by atoms with E-state index in [1.54, 1.807) is 51.1 Å². The lowest BCUT2D eigenvalue weighted by molar-refractivity contribution is -0.148. The topological polar surface area (TPSA) is 195 Å². The number of nitrogens with zero attached hydrogens (tertiary/aromatic N) is 3. The Labute approximate surface area is 361 Å². The number of likely N-dealkylation sites (N-methyl/N-ethyl adjacent to an activating group) is 1. The molecule has 0 bridgehead atoms. The SMILES string of the molecule is CC[C@H](C)[C@@H]([C@@H](CC(=O)N1CCC[C@H]1[C@H](OC)[C@@H](C)C(=O)N[C@@H](Cc1ccccc1)c1nccs1)OC)N(C)C(=O)[C@@H](NC(=O)C(C)(C)NC(=O)CCOCCN)C(C)C. The summed E-state index contributed by atoms with van der Waals surface area (Å²) < 4.78 is 17.4. The fraction of sp³-hybridized carbons (Fsp3) is 0.682. The van der Waals surface area contributed by atoms with Crippen LogP contribution in [-0.2, 0) is 44.6 Å². The number of thiazole rings is 1. The maximum Gasteiger partial charge on any atom is 0.245 e. The second-order valence-corrected chi connectivity index (χ2v) is 17.7. The maximum absolute atomic E-state index is 14.4. The van der Waals surface area contributed by atoms with Crippen LogP contribution in [0.4, 0.5) is 0 Å². The van der Waals surface area contributed by atoms with Gasteiger partial charge in [-0.05, 0) is 50.5 Å². The van der Waals surface area contributed by atoms with Crippen LogP contribution >= 0.6 is 11.3 Å². The summed E-state index contributed by atoms with van der Waals surface area (Å²) in [6.07, 6.45) is 3.22. The van der Waals surface area contributed by atoms with E-state index in [0.29, 0.717) is 39.0 Å². The van der Waals surface area contributed by atoms with Gasteiger partial charge in [0.05, 0.1) is 55.9 Å². The molecule has 0 unspecified atom stereocenters. The van der Waals surface area contributed by atoms with Gasteiger partial charge >= 0.3 is 0 Å². The highest BCUT2D eigenvalue weighted by atomic mass is 32.1. The minimum absolute atomic E-state index is 0.00734. The predicted octanol–water partition coefficient (Wildman–Crippen LogP) is 3.86. The Morgan fingerprint density at radius 2 is 1.73 bits per heavy atom. The number of likely N-dealkylation sites (tertiary alicyclic amines) is 1. The van der Waals surface area contributed by atoms with Crippen LogP contribution in [0.5, 0.6) is 0 Å². The van der Waals surface area contributed by atoms with Crippen molar-refractivity contribution in [3.8, 4) is 0 Å². The van der Waals surface area contributed by atoms with Crippen molar-refractivity contribution in [3.63, 3.8) is 0 Å². The van der Waals surface area contributed by atoms with E-state index in [-0.39, 0.29) is 67.0 Å². The molecule has 0 radical (unpaired) electrons. The number of carbonyl (C=O) groups excluding carboxylic acids is 5. The summed E-state index contributed by atoms with van der Waals surface area (Å²) in [5, 5.41) is 11.6. The van der Waals surface area contributed by atoms with Crippen molar-refractivity contribution in [3.05, 3.63) is 52.5 Å². The van der Waals surface area contributed by atoms with Crippen molar-refractivity contribution in [2.75, 3.05) is 47.6 Å². The van der Waals surface area contributed by atoms with Crippen LogP contribution < -0.4 is 21.7 Å². The Hall–Kier alpha value is -3.96. The number of rotatable bonds is 25. The van der Waals surface area contributed by atoms with Crippen LogP contribution in [0.15, 0.2) is 41.9 Å². The molecular formula is C44H71N7O8S. The molecule has 2 aromatic rings. The van der Waals surface area contributed by atoms with E-state index in [9.17, 15) is 24.0 Å². The molecule has 16 heteroatoms. The van der Waals surface area contributed by atoms with Gasteiger partial charge in [-0.3, -0.25) is 24.0 Å². The Morgan fingerprint density at radius 3 is 2.32 bits per heavy atom. The van der Waals surface area contributed by atoms with Gasteiger partial charge in [0.15, 0.2) is 0 Å². The van der Waals surface area contributed by atoms with Gasteiger partial charge in [-0.15, -0.1) is 11.3 Å². The molecule has 8 atom stereocenters. The van der Waals surface area contributed by atoms with Gasteiger partial charge in [0.2, 0.25) is 29.5 Å². The van der Waals surface area contributed by atoms with Crippen LogP contribution in [0, 0.1) is 17.8 Å². The third-order valence-corrected chi connectivity index (χ3v) is 12.5. The average Bonchev–Trinajstić information content (AvgIpc) is 3.94. The van der Waals surface area contributed by atoms with Crippen LogP contribution in [0.2, 0.25) is 0 Å². The third-order valence-electron chi connectivity index (χ3n) is 11.6. The van der Waals surface area contributed by atoms with E-state index in [4.69, 9.17) is 19.9 Å². The molecule has 1 fully saturated rings. The van der Waals surface area contributed by atoms with Crippen LogP contribution in [0.1, 0.15) is 97.2 Å². The summed E-state index contributed by atoms with van der Waals surface area (Å²) in [6.45, 7) is 14.1. The molecule has 5 amide bonds. The number of nitrogens with one attached hydrogen (secondary N) is 3. The molecule has 336 valence electrons. The first-order chi connectivity index (χ1) is 28.5. The lowest BCUT2D eigenvalue weighted by atomic mass is 9.89. The third kappa shape index (κ3) is 14.0. The summed E-state index contributed by atoms with van der Waals surface area (Å²) in [4.78, 5) is 76.7. The van der Waals surface area contributed by atoms with Gasteiger partial charge in [-0.25, -0.2) is 4.98 Å². The first-order valence-electron chi connectivity index (χ1n) is 21.3. The molecule has 15 nitrogen and oxygen atoms in total. The van der Waals surface area contributed by atoms with Crippen molar-refractivity contribution in [2.45, 2.75) is 129 Å². The summed E-state index contributed by atoms with van der Waals surface area (Å²) in [5.41, 5.74) is 5.20. The van der Waals surface area contributed by atoms with Crippen molar-refractivity contribution in [1.82, 2.24) is 30.7 Å². The van der Waals surface area contributed by atoms with Crippen molar-refractivity contribution >= 4 is 40.9 Å². The maximum atomic E-state index is 14.4. The number of hydrogen-bond donors (Lipinski definition) is 4. The van der Waals surface area contributed by atoms with Gasteiger partial charge in [-0.2, -0.15) is 0 Å². The van der Waals surface area contributed by atoms with E-state index < -0.39 is 41.7 Å². The zero-order valence-electron chi connectivity index (χ0n) is 37.4. The molecule has 1 aromatic heterocycles. The minimum Gasteiger partial charge on any atom is -0.380 e. The van der Waals surface area contributed by atoms with Crippen molar-refractivity contribution < 1.29 is 38.2 Å². The molecule has 0 aliphatic carbocycles. The predicted molar refractivity (Wildman–Crippen MR) is 233 cm³/mol. The highest BCUT2D eigenvalue weighted by molar-refractivity contribution is 7.09. The Bertz CT molecular complexity index is 1650. The number of benzene rings is 1. The number of nitrogens with two attached hydrogens (primary N) is 1. The number of amides is 5. The first kappa shape index (κ1) is 50.4. The number of hydrogen-bond acceptors (Lipinski definition) is 11. The molecule has 1 aliphatic heterocycles. The van der Waals surface area contributed by atoms with E-state index in [1.807, 2.05) is 70.3 Å². The highest BCUT2D eigenvalue weighted by Gasteiger charge is 2.43. The number of ether oxygens (including phenoxy) is 3. The summed E-state index contributed by atoms with van der Waals surface area (Å²) >= 11 is 1.49. The first-order valence-corrected chi connectivity index (χ1v) is 22.1. The van der Waals surface area contributed by atoms with Crippen molar-refractivity contribution in [2.24, 2.45) is 23.5 Å². The van der Waals surface area contributed by atoms with E-state index in [1.165, 1.54) is 11.3 Å². The lowest BCUT2D eigenvalue weighted by Gasteiger charge is -2.41. The quantitative estimate of drug-likeness (QED) is 0.107. The molecule has 2 heterocycles. The van der Waals surface area contributed by atoms with Gasteiger partial charge < -0.3 is 45.7 Å². The van der Waals surface area contributed by atoms with Gasteiger partial charge in [0.25, 0.3) is 0 Å². The molecule has 1 saturated heterocycles. The minimum atomic E-state index is -1.32. The number of aromatic nitrogens is 1. The second kappa shape index (κ2) is 24.5. The molecule has 3 rings (SSSR count). The summed E-state index contributed by atoms with van der Waals surface area (Å²) in [6, 6.07) is 7.84. The zero-order chi connectivity index (χ0) is 44.6. The fourth-order valence-electron chi connectivity index (χ4n) is 7.94. The summed E-state index contributed by atoms with van der Waals surface area (Å²) in [7, 11) is 4.80.